The van der Waals surface area contributed by atoms with Gasteiger partial charge in [0.25, 0.3) is 5.91 Å². The van der Waals surface area contributed by atoms with Crippen LogP contribution < -0.4 is 0 Å². The number of carbonyl (C=O) groups is 2. The number of aryl methyl sites for hydroxylation is 2. The van der Waals surface area contributed by atoms with Gasteiger partial charge in [-0.2, -0.15) is 0 Å². The van der Waals surface area contributed by atoms with Crippen molar-refractivity contribution < 1.29 is 18.7 Å². The lowest BCUT2D eigenvalue weighted by Crippen LogP contribution is -2.28. The van der Waals surface area contributed by atoms with E-state index in [9.17, 15) is 9.59 Å². The highest BCUT2D eigenvalue weighted by Gasteiger charge is 2.35. The van der Waals surface area contributed by atoms with Crippen molar-refractivity contribution in [3.05, 3.63) is 52.8 Å². The fourth-order valence-corrected chi connectivity index (χ4v) is 3.25. The lowest BCUT2D eigenvalue weighted by molar-refractivity contribution is -0.123. The largest absolute Gasteiger partial charge is 0.456 e. The summed E-state index contributed by atoms with van der Waals surface area (Å²) in [4.78, 5) is 25.0. The summed E-state index contributed by atoms with van der Waals surface area (Å²) in [6, 6.07) is 9.90. The molecule has 5 heteroatoms. The summed E-state index contributed by atoms with van der Waals surface area (Å²) < 4.78 is 11.1. The number of fused-ring (bicyclic) bond motifs is 3. The number of imide groups is 1. The first kappa shape index (κ1) is 15.4. The molecule has 1 aromatic heterocycles. The van der Waals surface area contributed by atoms with Gasteiger partial charge in [-0.3, -0.25) is 4.79 Å². The van der Waals surface area contributed by atoms with Gasteiger partial charge in [0.1, 0.15) is 11.2 Å². The van der Waals surface area contributed by atoms with E-state index in [1.54, 1.807) is 13.0 Å². The molecular formula is C20H17NO4. The van der Waals surface area contributed by atoms with E-state index in [1.165, 1.54) is 0 Å². The topological polar surface area (TPSA) is 59.8 Å². The van der Waals surface area contributed by atoms with Gasteiger partial charge >= 0.3 is 6.09 Å². The van der Waals surface area contributed by atoms with Gasteiger partial charge in [0, 0.05) is 17.3 Å². The number of cyclic esters (lactones) is 1. The average Bonchev–Trinajstić information content (AvgIpc) is 3.07. The Hall–Kier alpha value is -3.08. The molecule has 0 unspecified atom stereocenters. The van der Waals surface area contributed by atoms with Crippen molar-refractivity contribution in [2.45, 2.75) is 20.8 Å². The van der Waals surface area contributed by atoms with Crippen LogP contribution in [0.3, 0.4) is 0 Å². The zero-order chi connectivity index (χ0) is 17.7. The Morgan fingerprint density at radius 2 is 1.80 bits per heavy atom. The van der Waals surface area contributed by atoms with E-state index in [-0.39, 0.29) is 5.76 Å². The first-order valence-corrected chi connectivity index (χ1v) is 8.17. The smallest absolute Gasteiger partial charge is 0.422 e. The summed E-state index contributed by atoms with van der Waals surface area (Å²) in [5, 5.41) is 2.01. The summed E-state index contributed by atoms with van der Waals surface area (Å²) >= 11 is 0. The number of hydrogen-bond acceptors (Lipinski definition) is 4. The molecule has 126 valence electrons. The number of nitrogens with zero attached hydrogens (tertiary/aromatic N) is 1. The Morgan fingerprint density at radius 1 is 1.04 bits per heavy atom. The second-order valence-corrected chi connectivity index (χ2v) is 6.19. The summed E-state index contributed by atoms with van der Waals surface area (Å²) in [5.41, 5.74) is 4.53. The summed E-state index contributed by atoms with van der Waals surface area (Å²) in [6.07, 6.45) is 0.984. The molecule has 0 aliphatic carbocycles. The maximum absolute atomic E-state index is 12.2. The van der Waals surface area contributed by atoms with Crippen molar-refractivity contribution >= 4 is 40.0 Å². The minimum Gasteiger partial charge on any atom is -0.456 e. The Labute approximate surface area is 144 Å². The van der Waals surface area contributed by atoms with Crippen LogP contribution in [0.5, 0.6) is 0 Å². The van der Waals surface area contributed by atoms with E-state index < -0.39 is 12.0 Å². The highest BCUT2D eigenvalue weighted by atomic mass is 16.6. The van der Waals surface area contributed by atoms with E-state index in [1.807, 2.05) is 44.2 Å². The Bertz CT molecular complexity index is 1070. The fraction of sp³-hybridized carbons (Fsp3) is 0.200. The normalized spacial score (nSPS) is 16.4. The fourth-order valence-electron chi connectivity index (χ4n) is 3.25. The molecular weight excluding hydrogens is 318 g/mol. The van der Waals surface area contributed by atoms with Crippen LogP contribution >= 0.6 is 0 Å². The van der Waals surface area contributed by atoms with E-state index in [4.69, 9.17) is 9.15 Å². The lowest BCUT2D eigenvalue weighted by Gasteiger charge is -2.03. The monoisotopic (exact) mass is 335 g/mol. The standard InChI is InChI=1S/C20H17NO4/c1-4-21-19(22)16(24-20(21)23)10-13-8-12(3)18-15(9-13)14-7-5-6-11(2)17(14)25-18/h5-10H,4H2,1-3H3/b16-10+. The molecule has 0 bridgehead atoms. The van der Waals surface area contributed by atoms with Gasteiger partial charge < -0.3 is 9.15 Å². The van der Waals surface area contributed by atoms with Gasteiger partial charge in [0.15, 0.2) is 5.76 Å². The minimum absolute atomic E-state index is 0.0505. The molecule has 5 nitrogen and oxygen atoms in total. The van der Waals surface area contributed by atoms with E-state index in [0.29, 0.717) is 6.54 Å². The first-order valence-electron chi connectivity index (χ1n) is 8.17. The average molecular weight is 335 g/mol. The summed E-state index contributed by atoms with van der Waals surface area (Å²) in [5.74, 6) is -0.354. The van der Waals surface area contributed by atoms with Crippen molar-refractivity contribution in [3.63, 3.8) is 0 Å². The van der Waals surface area contributed by atoms with Gasteiger partial charge in [-0.1, -0.05) is 18.2 Å². The SMILES string of the molecule is CCN1C(=O)O/C(=C/c2cc(C)c3oc4c(C)cccc4c3c2)C1=O. The van der Waals surface area contributed by atoms with E-state index in [0.717, 1.165) is 43.5 Å². The quantitative estimate of drug-likeness (QED) is 0.645. The molecule has 0 spiro atoms. The third-order valence-corrected chi connectivity index (χ3v) is 4.49. The van der Waals surface area contributed by atoms with Gasteiger partial charge in [0.2, 0.25) is 0 Å². The molecule has 4 rings (SSSR count). The maximum atomic E-state index is 12.2. The van der Waals surface area contributed by atoms with Crippen LogP contribution in [-0.2, 0) is 9.53 Å². The van der Waals surface area contributed by atoms with Crippen LogP contribution in [0.25, 0.3) is 28.0 Å². The molecule has 0 N–H and O–H groups in total. The van der Waals surface area contributed by atoms with Gasteiger partial charge in [0.05, 0.1) is 0 Å². The number of rotatable bonds is 2. The zero-order valence-corrected chi connectivity index (χ0v) is 14.3. The van der Waals surface area contributed by atoms with E-state index in [2.05, 4.69) is 0 Å². The Balaban J connectivity index is 1.88. The van der Waals surface area contributed by atoms with Gasteiger partial charge in [-0.25, -0.2) is 9.69 Å². The molecule has 1 fully saturated rings. The number of amides is 2. The van der Waals surface area contributed by atoms with Crippen LogP contribution in [0.2, 0.25) is 0 Å². The summed E-state index contributed by atoms with van der Waals surface area (Å²) in [6.45, 7) is 6.00. The molecule has 3 aromatic rings. The van der Waals surface area contributed by atoms with Crippen LogP contribution in [0, 0.1) is 13.8 Å². The molecule has 1 saturated heterocycles. The van der Waals surface area contributed by atoms with Crippen molar-refractivity contribution in [2.24, 2.45) is 0 Å². The molecule has 0 saturated carbocycles. The molecule has 2 heterocycles. The second-order valence-electron chi connectivity index (χ2n) is 6.19. The second kappa shape index (κ2) is 5.48. The Kier molecular flexibility index (Phi) is 3.39. The van der Waals surface area contributed by atoms with E-state index >= 15 is 0 Å². The maximum Gasteiger partial charge on any atom is 0.422 e. The predicted molar refractivity (Wildman–Crippen MR) is 95.0 cm³/mol. The molecule has 1 aliphatic rings. The number of likely N-dealkylation sites (N-methyl/N-ethyl adjacent to an activating group) is 1. The molecule has 1 aliphatic heterocycles. The predicted octanol–water partition coefficient (Wildman–Crippen LogP) is 4.54. The molecule has 2 aromatic carbocycles. The summed E-state index contributed by atoms with van der Waals surface area (Å²) in [7, 11) is 0. The number of benzene rings is 2. The van der Waals surface area contributed by atoms with Crippen molar-refractivity contribution in [2.75, 3.05) is 6.54 Å². The van der Waals surface area contributed by atoms with Crippen molar-refractivity contribution in [1.29, 1.82) is 0 Å². The highest BCUT2D eigenvalue weighted by molar-refractivity contribution is 6.11. The molecule has 0 radical (unpaired) electrons. The third kappa shape index (κ3) is 2.31. The van der Waals surface area contributed by atoms with Crippen molar-refractivity contribution in [3.8, 4) is 0 Å². The van der Waals surface area contributed by atoms with Crippen LogP contribution in [0.4, 0.5) is 4.79 Å². The van der Waals surface area contributed by atoms with Crippen LogP contribution in [0.1, 0.15) is 23.6 Å². The lowest BCUT2D eigenvalue weighted by atomic mass is 10.0. The first-order chi connectivity index (χ1) is 12.0. The number of hydrogen-bond donors (Lipinski definition) is 0. The molecule has 0 atom stereocenters. The number of furan rings is 1. The number of para-hydroxylation sites is 1. The minimum atomic E-state index is -0.624. The zero-order valence-electron chi connectivity index (χ0n) is 14.3. The van der Waals surface area contributed by atoms with Crippen LogP contribution in [-0.4, -0.2) is 23.4 Å². The Morgan fingerprint density at radius 3 is 2.52 bits per heavy atom. The van der Waals surface area contributed by atoms with Gasteiger partial charge in [-0.15, -0.1) is 0 Å². The highest BCUT2D eigenvalue weighted by Crippen LogP contribution is 2.34. The number of ether oxygens (including phenoxy) is 1. The molecule has 25 heavy (non-hydrogen) atoms. The number of carbonyl (C=O) groups excluding carboxylic acids is 2. The van der Waals surface area contributed by atoms with Crippen molar-refractivity contribution in [1.82, 2.24) is 4.90 Å². The van der Waals surface area contributed by atoms with Crippen LogP contribution in [0.15, 0.2) is 40.5 Å². The van der Waals surface area contributed by atoms with Gasteiger partial charge in [-0.05, 0) is 55.7 Å². The molecule has 2 amide bonds. The third-order valence-electron chi connectivity index (χ3n) is 4.49.